The van der Waals surface area contributed by atoms with Crippen LogP contribution < -0.4 is 0 Å². The number of likely N-dealkylation sites (tertiary alicyclic amines) is 1. The quantitative estimate of drug-likeness (QED) is 0.825. The highest BCUT2D eigenvalue weighted by Gasteiger charge is 2.50. The van der Waals surface area contributed by atoms with Gasteiger partial charge in [-0.1, -0.05) is 6.07 Å². The van der Waals surface area contributed by atoms with E-state index >= 15 is 0 Å². The topological polar surface area (TPSA) is 70.6 Å². The summed E-state index contributed by atoms with van der Waals surface area (Å²) in [5.74, 6) is 0.176. The summed E-state index contributed by atoms with van der Waals surface area (Å²) in [6.07, 6.45) is 2.26. The highest BCUT2D eigenvalue weighted by molar-refractivity contribution is 7.89. The zero-order valence-corrected chi connectivity index (χ0v) is 15.2. The number of hydrogen-bond acceptors (Lipinski definition) is 4. The van der Waals surface area contributed by atoms with E-state index in [0.29, 0.717) is 26.2 Å². The van der Waals surface area contributed by atoms with Crippen LogP contribution in [-0.2, 0) is 21.4 Å². The van der Waals surface area contributed by atoms with Gasteiger partial charge in [0.2, 0.25) is 15.9 Å². The molecule has 0 aliphatic carbocycles. The monoisotopic (exact) mass is 351 g/mol. The molecule has 3 heterocycles. The van der Waals surface area contributed by atoms with Gasteiger partial charge < -0.3 is 4.90 Å². The fourth-order valence-electron chi connectivity index (χ4n) is 3.81. The molecule has 2 aliphatic rings. The van der Waals surface area contributed by atoms with Crippen molar-refractivity contribution in [1.29, 1.82) is 0 Å². The molecule has 1 aromatic rings. The standard InChI is InChI=1S/C17H25N3O3S/c1-3-24(22,23)20-10-5-8-17(13-20)9-11-19(16(17)21)12-15-7-4-6-14(2)18-15/h4,6-7H,3,5,8-13H2,1-2H3/t17-/m1/s1. The van der Waals surface area contributed by atoms with Crippen molar-refractivity contribution in [1.82, 2.24) is 14.2 Å². The SMILES string of the molecule is CCS(=O)(=O)N1CCC[C@@]2(CCN(Cc3cccc(C)n3)C2=O)C1. The van der Waals surface area contributed by atoms with Crippen molar-refractivity contribution in [3.8, 4) is 0 Å². The molecule has 1 spiro atoms. The fraction of sp³-hybridized carbons (Fsp3) is 0.647. The van der Waals surface area contributed by atoms with Crippen LogP contribution in [0.5, 0.6) is 0 Å². The molecule has 0 saturated carbocycles. The maximum Gasteiger partial charge on any atom is 0.230 e. The number of rotatable bonds is 4. The second-order valence-corrected chi connectivity index (χ2v) is 9.12. The summed E-state index contributed by atoms with van der Waals surface area (Å²) in [4.78, 5) is 19.3. The number of aromatic nitrogens is 1. The van der Waals surface area contributed by atoms with E-state index in [2.05, 4.69) is 4.98 Å². The molecule has 0 aromatic carbocycles. The molecule has 7 heteroatoms. The minimum atomic E-state index is -3.24. The number of piperidine rings is 1. The Morgan fingerprint density at radius 1 is 1.25 bits per heavy atom. The predicted molar refractivity (Wildman–Crippen MR) is 91.7 cm³/mol. The van der Waals surface area contributed by atoms with Crippen molar-refractivity contribution >= 4 is 15.9 Å². The van der Waals surface area contributed by atoms with Crippen LogP contribution in [-0.4, -0.2) is 53.9 Å². The number of pyridine rings is 1. The number of carbonyl (C=O) groups excluding carboxylic acids is 1. The molecule has 0 radical (unpaired) electrons. The Bertz CT molecular complexity index is 734. The molecule has 6 nitrogen and oxygen atoms in total. The van der Waals surface area contributed by atoms with Gasteiger partial charge in [0.25, 0.3) is 0 Å². The highest BCUT2D eigenvalue weighted by Crippen LogP contribution is 2.41. The van der Waals surface area contributed by atoms with E-state index in [9.17, 15) is 13.2 Å². The molecule has 3 rings (SSSR count). The van der Waals surface area contributed by atoms with E-state index in [1.54, 1.807) is 6.92 Å². The smallest absolute Gasteiger partial charge is 0.230 e. The first kappa shape index (κ1) is 17.4. The molecule has 24 heavy (non-hydrogen) atoms. The fourth-order valence-corrected chi connectivity index (χ4v) is 5.03. The largest absolute Gasteiger partial charge is 0.336 e. The number of sulfonamides is 1. The van der Waals surface area contributed by atoms with E-state index in [1.165, 1.54) is 4.31 Å². The van der Waals surface area contributed by atoms with Crippen LogP contribution >= 0.6 is 0 Å². The van der Waals surface area contributed by atoms with Gasteiger partial charge >= 0.3 is 0 Å². The van der Waals surface area contributed by atoms with Crippen molar-refractivity contribution in [3.63, 3.8) is 0 Å². The van der Waals surface area contributed by atoms with Crippen LogP contribution in [0.1, 0.15) is 37.6 Å². The number of nitrogens with zero attached hydrogens (tertiary/aromatic N) is 3. The summed E-state index contributed by atoms with van der Waals surface area (Å²) in [6, 6.07) is 5.82. The molecule has 2 aliphatic heterocycles. The average Bonchev–Trinajstić information content (AvgIpc) is 2.84. The Morgan fingerprint density at radius 2 is 2.04 bits per heavy atom. The molecule has 1 aromatic heterocycles. The van der Waals surface area contributed by atoms with Crippen molar-refractivity contribution in [2.24, 2.45) is 5.41 Å². The van der Waals surface area contributed by atoms with Crippen LogP contribution in [0.3, 0.4) is 0 Å². The van der Waals surface area contributed by atoms with E-state index in [0.717, 1.165) is 30.7 Å². The van der Waals surface area contributed by atoms with Crippen LogP contribution in [0, 0.1) is 12.3 Å². The van der Waals surface area contributed by atoms with E-state index in [1.807, 2.05) is 30.0 Å². The zero-order chi connectivity index (χ0) is 17.4. The second-order valence-electron chi connectivity index (χ2n) is 6.87. The van der Waals surface area contributed by atoms with Crippen molar-refractivity contribution < 1.29 is 13.2 Å². The minimum Gasteiger partial charge on any atom is -0.336 e. The zero-order valence-electron chi connectivity index (χ0n) is 14.4. The summed E-state index contributed by atoms with van der Waals surface area (Å²) in [7, 11) is -3.24. The third-order valence-corrected chi connectivity index (χ3v) is 7.03. The molecular formula is C17H25N3O3S. The van der Waals surface area contributed by atoms with Crippen molar-refractivity contribution in [2.75, 3.05) is 25.4 Å². The van der Waals surface area contributed by atoms with Gasteiger partial charge in [0.15, 0.2) is 0 Å². The summed E-state index contributed by atoms with van der Waals surface area (Å²) in [5, 5.41) is 0. The Kier molecular flexibility index (Phi) is 4.66. The maximum atomic E-state index is 13.0. The summed E-state index contributed by atoms with van der Waals surface area (Å²) in [6.45, 7) is 5.63. The van der Waals surface area contributed by atoms with Gasteiger partial charge in [-0.05, 0) is 45.2 Å². The normalized spacial score (nSPS) is 25.6. The molecule has 132 valence electrons. The van der Waals surface area contributed by atoms with E-state index in [4.69, 9.17) is 0 Å². The Morgan fingerprint density at radius 3 is 2.75 bits per heavy atom. The summed E-state index contributed by atoms with van der Waals surface area (Å²) in [5.41, 5.74) is 1.28. The van der Waals surface area contributed by atoms with Crippen molar-refractivity contribution in [2.45, 2.75) is 39.7 Å². The summed E-state index contributed by atoms with van der Waals surface area (Å²) < 4.78 is 25.9. The van der Waals surface area contributed by atoms with E-state index < -0.39 is 15.4 Å². The van der Waals surface area contributed by atoms with Gasteiger partial charge in [0.05, 0.1) is 23.4 Å². The average molecular weight is 351 g/mol. The number of amides is 1. The lowest BCUT2D eigenvalue weighted by Crippen LogP contribution is -2.50. The van der Waals surface area contributed by atoms with Gasteiger partial charge in [-0.25, -0.2) is 12.7 Å². The Labute approximate surface area is 143 Å². The second kappa shape index (κ2) is 6.44. The lowest BCUT2D eigenvalue weighted by Gasteiger charge is -2.38. The predicted octanol–water partition coefficient (Wildman–Crippen LogP) is 1.55. The van der Waals surface area contributed by atoms with Gasteiger partial charge in [0.1, 0.15) is 0 Å². The molecule has 1 atom stereocenters. The minimum absolute atomic E-state index is 0.0850. The molecule has 0 bridgehead atoms. The lowest BCUT2D eigenvalue weighted by molar-refractivity contribution is -0.138. The first-order valence-corrected chi connectivity index (χ1v) is 10.2. The first-order valence-electron chi connectivity index (χ1n) is 8.56. The third kappa shape index (κ3) is 3.19. The van der Waals surface area contributed by atoms with Crippen LogP contribution in [0.25, 0.3) is 0 Å². The molecular weight excluding hydrogens is 326 g/mol. The number of aryl methyl sites for hydroxylation is 1. The van der Waals surface area contributed by atoms with Gasteiger partial charge in [-0.2, -0.15) is 0 Å². The first-order chi connectivity index (χ1) is 11.4. The molecule has 2 saturated heterocycles. The van der Waals surface area contributed by atoms with Gasteiger partial charge in [-0.3, -0.25) is 9.78 Å². The highest BCUT2D eigenvalue weighted by atomic mass is 32.2. The Balaban J connectivity index is 1.75. The van der Waals surface area contributed by atoms with Crippen LogP contribution in [0.2, 0.25) is 0 Å². The van der Waals surface area contributed by atoms with Crippen LogP contribution in [0.15, 0.2) is 18.2 Å². The number of carbonyl (C=O) groups is 1. The Hall–Kier alpha value is -1.47. The number of hydrogen-bond donors (Lipinski definition) is 0. The molecule has 2 fully saturated rings. The van der Waals surface area contributed by atoms with Crippen LogP contribution in [0.4, 0.5) is 0 Å². The maximum absolute atomic E-state index is 13.0. The van der Waals surface area contributed by atoms with Gasteiger partial charge in [-0.15, -0.1) is 0 Å². The van der Waals surface area contributed by atoms with Gasteiger partial charge in [0, 0.05) is 25.3 Å². The molecule has 0 N–H and O–H groups in total. The lowest BCUT2D eigenvalue weighted by atomic mass is 9.79. The van der Waals surface area contributed by atoms with E-state index in [-0.39, 0.29) is 11.7 Å². The molecule has 1 amide bonds. The summed E-state index contributed by atoms with van der Waals surface area (Å²) >= 11 is 0. The third-order valence-electron chi connectivity index (χ3n) is 5.20. The molecule has 0 unspecified atom stereocenters. The van der Waals surface area contributed by atoms with Crippen molar-refractivity contribution in [3.05, 3.63) is 29.6 Å².